The molecule has 0 amide bonds. The Bertz CT molecular complexity index is 1080. The Morgan fingerprint density at radius 1 is 1.23 bits per heavy atom. The maximum atomic E-state index is 13.1. The molecule has 132 valence electrons. The number of hydrogen-bond acceptors (Lipinski definition) is 6. The molecule has 0 atom stereocenters. The first-order valence-corrected chi connectivity index (χ1v) is 8.29. The Morgan fingerprint density at radius 2 is 2.00 bits per heavy atom. The standard InChI is InChI=1S/C19H18N4O3/c1-26-19(25)16-17(21)13-6-4-11(10-2-3-10)8-14(13)23(18(16)24)12-5-7-15(20)22-9-12/h4-10H,2-3,21H2,1H3,(H2,20,22). The lowest BCUT2D eigenvalue weighted by Gasteiger charge is -2.16. The maximum absolute atomic E-state index is 13.1. The highest BCUT2D eigenvalue weighted by atomic mass is 16.5. The van der Waals surface area contributed by atoms with E-state index in [4.69, 9.17) is 16.2 Å². The van der Waals surface area contributed by atoms with Gasteiger partial charge in [0.2, 0.25) is 0 Å². The number of carbonyl (C=O) groups excluding carboxylic acids is 1. The summed E-state index contributed by atoms with van der Waals surface area (Å²) in [5.41, 5.74) is 13.5. The van der Waals surface area contributed by atoms with E-state index < -0.39 is 11.5 Å². The van der Waals surface area contributed by atoms with Crippen molar-refractivity contribution in [3.8, 4) is 5.69 Å². The van der Waals surface area contributed by atoms with E-state index in [9.17, 15) is 9.59 Å². The third kappa shape index (κ3) is 2.48. The van der Waals surface area contributed by atoms with E-state index in [1.807, 2.05) is 18.2 Å². The molecule has 7 heteroatoms. The summed E-state index contributed by atoms with van der Waals surface area (Å²) >= 11 is 0. The number of fused-ring (bicyclic) bond motifs is 1. The minimum Gasteiger partial charge on any atom is -0.465 e. The zero-order valence-corrected chi connectivity index (χ0v) is 14.2. The van der Waals surface area contributed by atoms with E-state index in [2.05, 4.69) is 4.98 Å². The van der Waals surface area contributed by atoms with E-state index >= 15 is 0 Å². The number of pyridine rings is 2. The SMILES string of the molecule is COC(=O)c1c(N)c2ccc(C3CC3)cc2n(-c2ccc(N)nc2)c1=O. The molecule has 0 spiro atoms. The van der Waals surface area contributed by atoms with Gasteiger partial charge in [-0.3, -0.25) is 9.36 Å². The van der Waals surface area contributed by atoms with Gasteiger partial charge >= 0.3 is 5.97 Å². The molecule has 0 radical (unpaired) electrons. The van der Waals surface area contributed by atoms with Crippen molar-refractivity contribution in [3.05, 3.63) is 58.0 Å². The first kappa shape index (κ1) is 16.1. The van der Waals surface area contributed by atoms with Crippen LogP contribution in [-0.2, 0) is 4.74 Å². The quantitative estimate of drug-likeness (QED) is 0.700. The monoisotopic (exact) mass is 350 g/mol. The average molecular weight is 350 g/mol. The van der Waals surface area contributed by atoms with E-state index in [1.54, 1.807) is 12.1 Å². The van der Waals surface area contributed by atoms with Crippen LogP contribution in [0.1, 0.15) is 34.7 Å². The lowest BCUT2D eigenvalue weighted by atomic mass is 10.0. The van der Waals surface area contributed by atoms with Crippen molar-refractivity contribution in [2.24, 2.45) is 0 Å². The number of esters is 1. The molecule has 1 aliphatic carbocycles. The summed E-state index contributed by atoms with van der Waals surface area (Å²) < 4.78 is 6.20. The predicted octanol–water partition coefficient (Wildman–Crippen LogP) is 2.21. The van der Waals surface area contributed by atoms with Crippen molar-refractivity contribution < 1.29 is 9.53 Å². The van der Waals surface area contributed by atoms with Gasteiger partial charge in [0.15, 0.2) is 0 Å². The molecular formula is C19H18N4O3. The topological polar surface area (TPSA) is 113 Å². The van der Waals surface area contributed by atoms with Crippen molar-refractivity contribution in [2.45, 2.75) is 18.8 Å². The van der Waals surface area contributed by atoms with Crippen molar-refractivity contribution in [3.63, 3.8) is 0 Å². The molecule has 4 N–H and O–H groups in total. The zero-order chi connectivity index (χ0) is 18.4. The fourth-order valence-corrected chi connectivity index (χ4v) is 3.19. The number of aromatic nitrogens is 2. The Hall–Kier alpha value is -3.35. The maximum Gasteiger partial charge on any atom is 0.345 e. The summed E-state index contributed by atoms with van der Waals surface area (Å²) in [6.07, 6.45) is 3.76. The van der Waals surface area contributed by atoms with Gasteiger partial charge in [-0.25, -0.2) is 9.78 Å². The van der Waals surface area contributed by atoms with Gasteiger partial charge in [0.1, 0.15) is 11.4 Å². The molecular weight excluding hydrogens is 332 g/mol. The highest BCUT2D eigenvalue weighted by Crippen LogP contribution is 2.41. The molecule has 0 aliphatic heterocycles. The summed E-state index contributed by atoms with van der Waals surface area (Å²) in [5.74, 6) is 0.0836. The largest absolute Gasteiger partial charge is 0.465 e. The van der Waals surface area contributed by atoms with Crippen LogP contribution in [0.15, 0.2) is 41.3 Å². The summed E-state index contributed by atoms with van der Waals surface area (Å²) in [7, 11) is 1.22. The molecule has 0 unspecified atom stereocenters. The fourth-order valence-electron chi connectivity index (χ4n) is 3.19. The van der Waals surface area contributed by atoms with E-state index in [0.29, 0.717) is 28.3 Å². The molecule has 4 rings (SSSR count). The minimum atomic E-state index is -0.766. The molecule has 26 heavy (non-hydrogen) atoms. The number of nitrogens with zero attached hydrogens (tertiary/aromatic N) is 2. The van der Waals surface area contributed by atoms with Crippen molar-refractivity contribution in [1.29, 1.82) is 0 Å². The third-order valence-electron chi connectivity index (χ3n) is 4.71. The van der Waals surface area contributed by atoms with Crippen molar-refractivity contribution in [1.82, 2.24) is 9.55 Å². The number of nitrogen functional groups attached to an aromatic ring is 2. The number of methoxy groups -OCH3 is 1. The number of benzene rings is 1. The number of rotatable bonds is 3. The van der Waals surface area contributed by atoms with Crippen molar-refractivity contribution in [2.75, 3.05) is 18.6 Å². The van der Waals surface area contributed by atoms with Crippen LogP contribution in [0, 0.1) is 0 Å². The summed E-state index contributed by atoms with van der Waals surface area (Å²) in [6, 6.07) is 9.10. The second-order valence-electron chi connectivity index (χ2n) is 6.41. The molecule has 1 aliphatic rings. The molecule has 1 aromatic carbocycles. The Labute approximate surface area is 149 Å². The van der Waals surface area contributed by atoms with Gasteiger partial charge in [-0.1, -0.05) is 12.1 Å². The van der Waals surface area contributed by atoms with Crippen LogP contribution in [0.4, 0.5) is 11.5 Å². The normalized spacial score (nSPS) is 13.7. The Kier molecular flexibility index (Phi) is 3.64. The van der Waals surface area contributed by atoms with Crippen LogP contribution in [0.2, 0.25) is 0 Å². The molecule has 7 nitrogen and oxygen atoms in total. The van der Waals surface area contributed by atoms with Crippen LogP contribution in [0.3, 0.4) is 0 Å². The van der Waals surface area contributed by atoms with E-state index in [1.165, 1.54) is 17.9 Å². The summed E-state index contributed by atoms with van der Waals surface area (Å²) in [6.45, 7) is 0. The number of hydrogen-bond donors (Lipinski definition) is 2. The van der Waals surface area contributed by atoms with Crippen LogP contribution in [0.5, 0.6) is 0 Å². The number of nitrogens with two attached hydrogens (primary N) is 2. The van der Waals surface area contributed by atoms with Crippen LogP contribution < -0.4 is 17.0 Å². The smallest absolute Gasteiger partial charge is 0.345 e. The molecule has 1 saturated carbocycles. The molecule has 2 heterocycles. The molecule has 2 aromatic heterocycles. The molecule has 1 fully saturated rings. The molecule has 0 saturated heterocycles. The lowest BCUT2D eigenvalue weighted by Crippen LogP contribution is -2.28. The van der Waals surface area contributed by atoms with Gasteiger partial charge in [-0.15, -0.1) is 0 Å². The third-order valence-corrected chi connectivity index (χ3v) is 4.71. The second-order valence-corrected chi connectivity index (χ2v) is 6.41. The van der Waals surface area contributed by atoms with Gasteiger partial charge in [0, 0.05) is 5.39 Å². The first-order valence-electron chi connectivity index (χ1n) is 8.29. The second kappa shape index (κ2) is 5.87. The lowest BCUT2D eigenvalue weighted by molar-refractivity contribution is 0.0600. The number of ether oxygens (including phenoxy) is 1. The number of anilines is 2. The van der Waals surface area contributed by atoms with Gasteiger partial charge < -0.3 is 16.2 Å². The average Bonchev–Trinajstić information content (AvgIpc) is 3.48. The molecule has 0 bridgehead atoms. The highest BCUT2D eigenvalue weighted by molar-refractivity contribution is 6.04. The summed E-state index contributed by atoms with van der Waals surface area (Å²) in [5, 5.41) is 0.617. The zero-order valence-electron chi connectivity index (χ0n) is 14.2. The van der Waals surface area contributed by atoms with Gasteiger partial charge in [-0.05, 0) is 42.5 Å². The fraction of sp³-hybridized carbons (Fsp3) is 0.211. The van der Waals surface area contributed by atoms with E-state index in [0.717, 1.165) is 18.4 Å². The van der Waals surface area contributed by atoms with Gasteiger partial charge in [0.25, 0.3) is 5.56 Å². The Morgan fingerprint density at radius 3 is 2.62 bits per heavy atom. The van der Waals surface area contributed by atoms with Crippen LogP contribution in [-0.4, -0.2) is 22.6 Å². The highest BCUT2D eigenvalue weighted by Gasteiger charge is 2.26. The predicted molar refractivity (Wildman–Crippen MR) is 99.5 cm³/mol. The van der Waals surface area contributed by atoms with Crippen molar-refractivity contribution >= 4 is 28.4 Å². The molecule has 3 aromatic rings. The minimum absolute atomic E-state index is 0.124. The van der Waals surface area contributed by atoms with E-state index in [-0.39, 0.29) is 11.3 Å². The number of carbonyl (C=O) groups is 1. The first-order chi connectivity index (χ1) is 12.5. The van der Waals surface area contributed by atoms with Gasteiger partial charge in [-0.2, -0.15) is 0 Å². The van der Waals surface area contributed by atoms with Crippen LogP contribution in [0.25, 0.3) is 16.6 Å². The van der Waals surface area contributed by atoms with Gasteiger partial charge in [0.05, 0.1) is 30.2 Å². The summed E-state index contributed by atoms with van der Waals surface area (Å²) in [4.78, 5) is 29.3. The van der Waals surface area contributed by atoms with Crippen LogP contribution >= 0.6 is 0 Å². The Balaban J connectivity index is 2.11.